The molecule has 3 rings (SSSR count). The maximum absolute atomic E-state index is 12.5. The molecule has 1 unspecified atom stereocenters. The Morgan fingerprint density at radius 2 is 1.85 bits per heavy atom. The van der Waals surface area contributed by atoms with Gasteiger partial charge in [-0.05, 0) is 37.8 Å². The predicted molar refractivity (Wildman–Crippen MR) is 135 cm³/mol. The van der Waals surface area contributed by atoms with E-state index in [0.29, 0.717) is 32.5 Å². The van der Waals surface area contributed by atoms with E-state index in [4.69, 9.17) is 9.72 Å². The molecule has 33 heavy (non-hydrogen) atoms. The Morgan fingerprint density at radius 3 is 2.58 bits per heavy atom. The van der Waals surface area contributed by atoms with E-state index in [0.717, 1.165) is 23.8 Å². The molecule has 0 spiro atoms. The number of nitrogens with zero attached hydrogens (tertiary/aromatic N) is 3. The number of amides is 1. The van der Waals surface area contributed by atoms with Crippen molar-refractivity contribution in [2.75, 3.05) is 31.7 Å². The van der Waals surface area contributed by atoms with Gasteiger partial charge in [0.05, 0.1) is 6.61 Å². The van der Waals surface area contributed by atoms with Crippen LogP contribution in [0.15, 0.2) is 54.6 Å². The standard InChI is InChI=1S/C26H34N4O2S/c1-20-9-12-23(13-10-20)19-24-28-26(33-29-24)30(17-18-32-3)16-15-25(31)27-21(2)11-14-22-7-5-4-6-8-22/h4-10,12-13,21H,11,14-19H2,1-3H3,(H,27,31). The van der Waals surface area contributed by atoms with E-state index in [1.807, 2.05) is 18.2 Å². The van der Waals surface area contributed by atoms with Crippen molar-refractivity contribution in [1.82, 2.24) is 14.7 Å². The molecule has 0 aliphatic carbocycles. The molecule has 176 valence electrons. The number of anilines is 1. The van der Waals surface area contributed by atoms with Crippen LogP contribution in [0.25, 0.3) is 0 Å². The number of hydrogen-bond donors (Lipinski definition) is 1. The fraction of sp³-hybridized carbons (Fsp3) is 0.423. The van der Waals surface area contributed by atoms with Gasteiger partial charge in [-0.2, -0.15) is 4.37 Å². The summed E-state index contributed by atoms with van der Waals surface area (Å²) in [6, 6.07) is 18.9. The molecule has 1 amide bonds. The van der Waals surface area contributed by atoms with Crippen molar-refractivity contribution in [3.8, 4) is 0 Å². The first-order valence-corrected chi connectivity index (χ1v) is 12.3. The van der Waals surface area contributed by atoms with Gasteiger partial charge in [-0.25, -0.2) is 4.98 Å². The van der Waals surface area contributed by atoms with Gasteiger partial charge in [0, 0.05) is 50.6 Å². The van der Waals surface area contributed by atoms with Gasteiger partial charge in [0.15, 0.2) is 0 Å². The SMILES string of the molecule is COCCN(CCC(=O)NC(C)CCc1ccccc1)c1nc(Cc2ccc(C)cc2)ns1. The van der Waals surface area contributed by atoms with E-state index in [2.05, 4.69) is 64.8 Å². The lowest BCUT2D eigenvalue weighted by Crippen LogP contribution is -2.36. The highest BCUT2D eigenvalue weighted by Crippen LogP contribution is 2.19. The smallest absolute Gasteiger partial charge is 0.221 e. The second-order valence-electron chi connectivity index (χ2n) is 8.38. The van der Waals surface area contributed by atoms with E-state index in [-0.39, 0.29) is 11.9 Å². The second-order valence-corrected chi connectivity index (χ2v) is 9.11. The lowest BCUT2D eigenvalue weighted by molar-refractivity contribution is -0.121. The van der Waals surface area contributed by atoms with Crippen LogP contribution < -0.4 is 10.2 Å². The topological polar surface area (TPSA) is 67.3 Å². The van der Waals surface area contributed by atoms with Crippen molar-refractivity contribution in [2.24, 2.45) is 0 Å². The number of rotatable bonds is 13. The van der Waals surface area contributed by atoms with Gasteiger partial charge in [0.25, 0.3) is 0 Å². The van der Waals surface area contributed by atoms with Crippen molar-refractivity contribution in [1.29, 1.82) is 0 Å². The average molecular weight is 467 g/mol. The fourth-order valence-electron chi connectivity index (χ4n) is 3.52. The summed E-state index contributed by atoms with van der Waals surface area (Å²) < 4.78 is 9.81. The molecule has 1 N–H and O–H groups in total. The van der Waals surface area contributed by atoms with Crippen LogP contribution in [-0.4, -0.2) is 48.1 Å². The van der Waals surface area contributed by atoms with Crippen LogP contribution >= 0.6 is 11.5 Å². The average Bonchev–Trinajstić information content (AvgIpc) is 3.28. The summed E-state index contributed by atoms with van der Waals surface area (Å²) in [5.74, 6) is 0.864. The first-order chi connectivity index (χ1) is 16.0. The van der Waals surface area contributed by atoms with Crippen LogP contribution in [0.5, 0.6) is 0 Å². The molecule has 7 heteroatoms. The zero-order valence-electron chi connectivity index (χ0n) is 19.8. The van der Waals surface area contributed by atoms with E-state index >= 15 is 0 Å². The minimum absolute atomic E-state index is 0.0578. The third-order valence-corrected chi connectivity index (χ3v) is 6.32. The normalized spacial score (nSPS) is 11.8. The Balaban J connectivity index is 1.49. The fourth-order valence-corrected chi connectivity index (χ4v) is 4.26. The Kier molecular flexibility index (Phi) is 9.84. The maximum Gasteiger partial charge on any atom is 0.221 e. The van der Waals surface area contributed by atoms with Crippen LogP contribution in [0.3, 0.4) is 0 Å². The maximum atomic E-state index is 12.5. The van der Waals surface area contributed by atoms with Crippen molar-refractivity contribution in [3.05, 3.63) is 77.1 Å². The van der Waals surface area contributed by atoms with Crippen LogP contribution in [0.2, 0.25) is 0 Å². The Morgan fingerprint density at radius 1 is 1.09 bits per heavy atom. The molecule has 2 aromatic carbocycles. The molecule has 0 fully saturated rings. The molecule has 0 radical (unpaired) electrons. The largest absolute Gasteiger partial charge is 0.383 e. The Hall–Kier alpha value is -2.77. The third kappa shape index (κ3) is 8.59. The quantitative estimate of drug-likeness (QED) is 0.404. The van der Waals surface area contributed by atoms with Gasteiger partial charge in [-0.1, -0.05) is 60.2 Å². The number of methoxy groups -OCH3 is 1. The van der Waals surface area contributed by atoms with Crippen LogP contribution in [0.4, 0.5) is 5.13 Å². The molecule has 0 aliphatic rings. The van der Waals surface area contributed by atoms with Gasteiger partial charge in [0.2, 0.25) is 11.0 Å². The highest BCUT2D eigenvalue weighted by molar-refractivity contribution is 7.09. The predicted octanol–water partition coefficient (Wildman–Crippen LogP) is 4.42. The van der Waals surface area contributed by atoms with Crippen molar-refractivity contribution in [2.45, 2.75) is 45.6 Å². The second kappa shape index (κ2) is 13.1. The monoisotopic (exact) mass is 466 g/mol. The van der Waals surface area contributed by atoms with Crippen LogP contribution in [0.1, 0.15) is 42.3 Å². The number of hydrogen-bond acceptors (Lipinski definition) is 6. The Labute approximate surface area is 201 Å². The van der Waals surface area contributed by atoms with Crippen LogP contribution in [-0.2, 0) is 22.4 Å². The molecule has 0 saturated carbocycles. The minimum Gasteiger partial charge on any atom is -0.383 e. The lowest BCUT2D eigenvalue weighted by atomic mass is 10.1. The number of carbonyl (C=O) groups is 1. The molecular weight excluding hydrogens is 432 g/mol. The number of aryl methyl sites for hydroxylation is 2. The number of carbonyl (C=O) groups excluding carboxylic acids is 1. The summed E-state index contributed by atoms with van der Waals surface area (Å²) in [5, 5.41) is 3.96. The summed E-state index contributed by atoms with van der Waals surface area (Å²) in [6.45, 7) is 5.97. The first kappa shape index (κ1) is 24.9. The molecule has 0 saturated heterocycles. The molecule has 1 atom stereocenters. The van der Waals surface area contributed by atoms with Crippen molar-refractivity contribution >= 4 is 22.6 Å². The van der Waals surface area contributed by atoms with E-state index < -0.39 is 0 Å². The molecule has 0 bridgehead atoms. The van der Waals surface area contributed by atoms with Crippen LogP contribution in [0, 0.1) is 6.92 Å². The minimum atomic E-state index is 0.0578. The first-order valence-electron chi connectivity index (χ1n) is 11.5. The van der Waals surface area contributed by atoms with Gasteiger partial charge < -0.3 is 15.0 Å². The molecule has 0 aliphatic heterocycles. The number of aromatic nitrogens is 2. The number of nitrogens with one attached hydrogen (secondary N) is 1. The molecule has 1 aromatic heterocycles. The molecule has 3 aromatic rings. The summed E-state index contributed by atoms with van der Waals surface area (Å²) in [7, 11) is 1.68. The molecular formula is C26H34N4O2S. The zero-order chi connectivity index (χ0) is 23.5. The molecule has 1 heterocycles. The van der Waals surface area contributed by atoms with Gasteiger partial charge in [-0.3, -0.25) is 4.79 Å². The van der Waals surface area contributed by atoms with Crippen molar-refractivity contribution in [3.63, 3.8) is 0 Å². The highest BCUT2D eigenvalue weighted by atomic mass is 32.1. The van der Waals surface area contributed by atoms with E-state index in [1.165, 1.54) is 28.2 Å². The number of ether oxygens (including phenoxy) is 1. The summed E-state index contributed by atoms with van der Waals surface area (Å²) in [6.07, 6.45) is 2.99. The lowest BCUT2D eigenvalue weighted by Gasteiger charge is -2.21. The number of benzene rings is 2. The summed E-state index contributed by atoms with van der Waals surface area (Å²) in [5.41, 5.74) is 3.73. The van der Waals surface area contributed by atoms with Gasteiger partial charge in [0.1, 0.15) is 5.82 Å². The summed E-state index contributed by atoms with van der Waals surface area (Å²) >= 11 is 1.38. The van der Waals surface area contributed by atoms with Gasteiger partial charge in [-0.15, -0.1) is 0 Å². The zero-order valence-corrected chi connectivity index (χ0v) is 20.6. The summed E-state index contributed by atoms with van der Waals surface area (Å²) in [4.78, 5) is 19.4. The third-order valence-electron chi connectivity index (χ3n) is 5.50. The van der Waals surface area contributed by atoms with Gasteiger partial charge >= 0.3 is 0 Å². The molecule has 6 nitrogen and oxygen atoms in total. The van der Waals surface area contributed by atoms with Crippen molar-refractivity contribution < 1.29 is 9.53 Å². The Bertz CT molecular complexity index is 975. The van der Waals surface area contributed by atoms with E-state index in [1.54, 1.807) is 7.11 Å². The highest BCUT2D eigenvalue weighted by Gasteiger charge is 2.15. The van der Waals surface area contributed by atoms with E-state index in [9.17, 15) is 4.79 Å².